The zero-order valence-corrected chi connectivity index (χ0v) is 15.0. The van der Waals surface area contributed by atoms with Crippen molar-refractivity contribution in [3.63, 3.8) is 0 Å². The quantitative estimate of drug-likeness (QED) is 0.382. The molecule has 0 saturated heterocycles. The zero-order chi connectivity index (χ0) is 18.1. The molecule has 2 aromatic carbocycles. The fourth-order valence-electron chi connectivity index (χ4n) is 2.34. The van der Waals surface area contributed by atoms with Gasteiger partial charge in [0.1, 0.15) is 18.6 Å². The summed E-state index contributed by atoms with van der Waals surface area (Å²) in [6.07, 6.45) is 5.62. The average molecular weight is 340 g/mol. The number of rotatable bonds is 9. The van der Waals surface area contributed by atoms with Crippen LogP contribution in [0.3, 0.4) is 0 Å². The molecule has 0 radical (unpaired) electrons. The fraction of sp³-hybridized carbons (Fsp3) is 0.286. The Morgan fingerprint density at radius 1 is 0.960 bits per heavy atom. The van der Waals surface area contributed by atoms with Crippen molar-refractivity contribution in [2.75, 3.05) is 20.3 Å². The lowest BCUT2D eigenvalue weighted by atomic mass is 10.1. The Labute approximate surface area is 149 Å². The second-order valence-electron chi connectivity index (χ2n) is 5.71. The molecule has 0 aliphatic rings. The van der Waals surface area contributed by atoms with Crippen molar-refractivity contribution >= 4 is 6.29 Å². The highest BCUT2D eigenvalue weighted by molar-refractivity contribution is 5.77. The molecular formula is C21H24O4. The summed E-state index contributed by atoms with van der Waals surface area (Å²) in [6, 6.07) is 11.3. The zero-order valence-electron chi connectivity index (χ0n) is 15.0. The Morgan fingerprint density at radius 2 is 1.80 bits per heavy atom. The Bertz CT molecular complexity index is 735. The van der Waals surface area contributed by atoms with Crippen molar-refractivity contribution in [2.24, 2.45) is 0 Å². The summed E-state index contributed by atoms with van der Waals surface area (Å²) in [5, 5.41) is 0. The number of hydrogen-bond donors (Lipinski definition) is 0. The van der Waals surface area contributed by atoms with Gasteiger partial charge in [-0.1, -0.05) is 18.2 Å². The molecule has 132 valence electrons. The van der Waals surface area contributed by atoms with E-state index in [0.29, 0.717) is 18.8 Å². The monoisotopic (exact) mass is 340 g/mol. The van der Waals surface area contributed by atoms with Gasteiger partial charge in [0.2, 0.25) is 0 Å². The number of carbonyl (C=O) groups is 1. The number of carbonyl (C=O) groups excluding carboxylic acids is 1. The molecule has 0 aromatic heterocycles. The first-order valence-electron chi connectivity index (χ1n) is 8.25. The number of benzene rings is 2. The van der Waals surface area contributed by atoms with E-state index in [1.54, 1.807) is 13.2 Å². The third kappa shape index (κ3) is 5.68. The highest BCUT2D eigenvalue weighted by Gasteiger charge is 2.03. The van der Waals surface area contributed by atoms with Gasteiger partial charge in [-0.05, 0) is 61.7 Å². The van der Waals surface area contributed by atoms with Gasteiger partial charge in [-0.2, -0.15) is 0 Å². The average Bonchev–Trinajstić information content (AvgIpc) is 2.61. The van der Waals surface area contributed by atoms with Crippen molar-refractivity contribution in [1.29, 1.82) is 0 Å². The van der Waals surface area contributed by atoms with Crippen molar-refractivity contribution in [2.45, 2.75) is 20.3 Å². The second-order valence-corrected chi connectivity index (χ2v) is 5.71. The van der Waals surface area contributed by atoms with Gasteiger partial charge in [0, 0.05) is 5.56 Å². The van der Waals surface area contributed by atoms with Crippen molar-refractivity contribution in [1.82, 2.24) is 0 Å². The maximum Gasteiger partial charge on any atom is 0.161 e. The lowest BCUT2D eigenvalue weighted by Crippen LogP contribution is -1.99. The van der Waals surface area contributed by atoms with Gasteiger partial charge in [0.25, 0.3) is 0 Å². The van der Waals surface area contributed by atoms with Crippen LogP contribution in [0.25, 0.3) is 0 Å². The van der Waals surface area contributed by atoms with Gasteiger partial charge < -0.3 is 14.2 Å². The highest BCUT2D eigenvalue weighted by Crippen LogP contribution is 2.27. The van der Waals surface area contributed by atoms with Crippen LogP contribution < -0.4 is 14.2 Å². The van der Waals surface area contributed by atoms with Crippen molar-refractivity contribution < 1.29 is 19.0 Å². The number of aryl methyl sites for hydroxylation is 2. The van der Waals surface area contributed by atoms with Crippen LogP contribution in [0.2, 0.25) is 0 Å². The van der Waals surface area contributed by atoms with Gasteiger partial charge in [0.05, 0.1) is 13.7 Å². The maximum atomic E-state index is 10.8. The number of aldehydes is 1. The van der Waals surface area contributed by atoms with Gasteiger partial charge in [-0.25, -0.2) is 0 Å². The van der Waals surface area contributed by atoms with Crippen LogP contribution in [0.5, 0.6) is 17.2 Å². The van der Waals surface area contributed by atoms with E-state index in [-0.39, 0.29) is 0 Å². The van der Waals surface area contributed by atoms with Gasteiger partial charge in [-0.3, -0.25) is 4.79 Å². The van der Waals surface area contributed by atoms with E-state index in [4.69, 9.17) is 14.2 Å². The van der Waals surface area contributed by atoms with E-state index in [1.165, 1.54) is 0 Å². The lowest BCUT2D eigenvalue weighted by Gasteiger charge is -2.09. The number of methoxy groups -OCH3 is 1. The van der Waals surface area contributed by atoms with Gasteiger partial charge in [0.15, 0.2) is 11.5 Å². The summed E-state index contributed by atoms with van der Waals surface area (Å²) in [4.78, 5) is 10.8. The summed E-state index contributed by atoms with van der Waals surface area (Å²) in [6.45, 7) is 4.97. The molecule has 4 heteroatoms. The molecule has 0 unspecified atom stereocenters. The maximum absolute atomic E-state index is 10.8. The number of ether oxygens (including phenoxy) is 3. The van der Waals surface area contributed by atoms with Crippen LogP contribution >= 0.6 is 0 Å². The van der Waals surface area contributed by atoms with Crippen molar-refractivity contribution in [3.8, 4) is 17.2 Å². The predicted octanol–water partition coefficient (Wildman–Crippen LogP) is 4.53. The molecule has 0 fully saturated rings. The van der Waals surface area contributed by atoms with E-state index in [9.17, 15) is 4.79 Å². The van der Waals surface area contributed by atoms with Crippen LogP contribution in [-0.2, 0) is 0 Å². The fourth-order valence-corrected chi connectivity index (χ4v) is 2.34. The van der Waals surface area contributed by atoms with Crippen LogP contribution in [0.4, 0.5) is 0 Å². The van der Waals surface area contributed by atoms with Crippen LogP contribution in [-0.4, -0.2) is 26.6 Å². The van der Waals surface area contributed by atoms with Crippen molar-refractivity contribution in [3.05, 3.63) is 65.2 Å². The van der Waals surface area contributed by atoms with Gasteiger partial charge >= 0.3 is 0 Å². The van der Waals surface area contributed by atoms with E-state index in [1.807, 2.05) is 56.3 Å². The molecule has 2 rings (SSSR count). The lowest BCUT2D eigenvalue weighted by molar-refractivity contribution is 0.112. The standard InChI is InChI=1S/C21H24O4/c1-16-7-10-20(23-3)21(13-16)25-12-6-4-5-11-24-19-9-8-18(15-22)17(2)14-19/h4,6-10,13-15H,5,11-12H2,1-3H3/b6-4-. The van der Waals surface area contributed by atoms with E-state index in [2.05, 4.69) is 0 Å². The van der Waals surface area contributed by atoms with Crippen LogP contribution in [0.15, 0.2) is 48.6 Å². The molecule has 4 nitrogen and oxygen atoms in total. The Balaban J connectivity index is 1.73. The second kappa shape index (κ2) is 9.52. The third-order valence-electron chi connectivity index (χ3n) is 3.74. The van der Waals surface area contributed by atoms with E-state index < -0.39 is 0 Å². The molecule has 0 bridgehead atoms. The van der Waals surface area contributed by atoms with E-state index >= 15 is 0 Å². The predicted molar refractivity (Wildman–Crippen MR) is 99.0 cm³/mol. The Morgan fingerprint density at radius 3 is 2.52 bits per heavy atom. The molecular weight excluding hydrogens is 316 g/mol. The first-order chi connectivity index (χ1) is 12.1. The number of hydrogen-bond acceptors (Lipinski definition) is 4. The molecule has 0 aliphatic carbocycles. The molecule has 0 atom stereocenters. The Hall–Kier alpha value is -2.75. The molecule has 0 N–H and O–H groups in total. The normalized spacial score (nSPS) is 10.7. The Kier molecular flexibility index (Phi) is 7.08. The van der Waals surface area contributed by atoms with Crippen LogP contribution in [0, 0.1) is 13.8 Å². The minimum Gasteiger partial charge on any atom is -0.493 e. The highest BCUT2D eigenvalue weighted by atomic mass is 16.5. The molecule has 0 spiro atoms. The smallest absolute Gasteiger partial charge is 0.161 e. The van der Waals surface area contributed by atoms with Gasteiger partial charge in [-0.15, -0.1) is 0 Å². The topological polar surface area (TPSA) is 44.8 Å². The summed E-state index contributed by atoms with van der Waals surface area (Å²) >= 11 is 0. The molecule has 25 heavy (non-hydrogen) atoms. The minimum atomic E-state index is 0.479. The SMILES string of the molecule is COc1ccc(C)cc1OC/C=C\CCOc1ccc(C=O)c(C)c1. The van der Waals surface area contributed by atoms with E-state index in [0.717, 1.165) is 41.1 Å². The molecule has 0 saturated carbocycles. The molecule has 2 aromatic rings. The third-order valence-corrected chi connectivity index (χ3v) is 3.74. The first kappa shape index (κ1) is 18.6. The first-order valence-corrected chi connectivity index (χ1v) is 8.25. The summed E-state index contributed by atoms with van der Waals surface area (Å²) < 4.78 is 16.7. The summed E-state index contributed by atoms with van der Waals surface area (Å²) in [5.74, 6) is 2.25. The molecule has 0 heterocycles. The molecule has 0 amide bonds. The summed E-state index contributed by atoms with van der Waals surface area (Å²) in [5.41, 5.74) is 2.74. The minimum absolute atomic E-state index is 0.479. The summed E-state index contributed by atoms with van der Waals surface area (Å²) in [7, 11) is 1.63. The largest absolute Gasteiger partial charge is 0.493 e. The molecule has 0 aliphatic heterocycles. The van der Waals surface area contributed by atoms with Crippen LogP contribution in [0.1, 0.15) is 27.9 Å².